The molecule has 6 rings (SSSR count). The summed E-state index contributed by atoms with van der Waals surface area (Å²) in [5.74, 6) is 0.706. The predicted molar refractivity (Wildman–Crippen MR) is 134 cm³/mol. The Labute approximate surface area is 187 Å². The second-order valence-electron chi connectivity index (χ2n) is 8.70. The van der Waals surface area contributed by atoms with Gasteiger partial charge in [-0.3, -0.25) is 4.98 Å². The SMILES string of the molecule is c1ccc(-c2ccc3c(c2)sc2ccc(-c4cc(C5CCCCC5)ccn4)cc23)cc1. The minimum atomic E-state index is 0.706. The third-order valence-corrected chi connectivity index (χ3v) is 7.87. The summed E-state index contributed by atoms with van der Waals surface area (Å²) in [5, 5.41) is 2.67. The van der Waals surface area contributed by atoms with Crippen LogP contribution in [-0.4, -0.2) is 4.98 Å². The van der Waals surface area contributed by atoms with Gasteiger partial charge in [0.1, 0.15) is 0 Å². The molecule has 0 saturated heterocycles. The molecule has 1 aliphatic carbocycles. The first-order valence-corrected chi connectivity index (χ1v) is 12.1. The van der Waals surface area contributed by atoms with Gasteiger partial charge in [0, 0.05) is 31.9 Å². The Bertz CT molecular complexity index is 1360. The van der Waals surface area contributed by atoms with Crippen molar-refractivity contribution in [1.29, 1.82) is 0 Å². The molecule has 3 aromatic carbocycles. The van der Waals surface area contributed by atoms with Crippen molar-refractivity contribution < 1.29 is 0 Å². The van der Waals surface area contributed by atoms with Crippen LogP contribution in [0.2, 0.25) is 0 Å². The number of rotatable bonds is 3. The molecule has 0 atom stereocenters. The highest BCUT2D eigenvalue weighted by Crippen LogP contribution is 2.39. The minimum absolute atomic E-state index is 0.706. The molecule has 0 N–H and O–H groups in total. The van der Waals surface area contributed by atoms with E-state index in [9.17, 15) is 0 Å². The van der Waals surface area contributed by atoms with Crippen LogP contribution < -0.4 is 0 Å². The van der Waals surface area contributed by atoms with E-state index < -0.39 is 0 Å². The third kappa shape index (κ3) is 3.55. The number of nitrogens with zero attached hydrogens (tertiary/aromatic N) is 1. The lowest BCUT2D eigenvalue weighted by Crippen LogP contribution is -2.04. The summed E-state index contributed by atoms with van der Waals surface area (Å²) in [4.78, 5) is 4.73. The fourth-order valence-corrected chi connectivity index (χ4v) is 6.17. The van der Waals surface area contributed by atoms with Gasteiger partial charge in [0.2, 0.25) is 0 Å². The van der Waals surface area contributed by atoms with Crippen LogP contribution in [0.3, 0.4) is 0 Å². The van der Waals surface area contributed by atoms with Gasteiger partial charge in [0.25, 0.3) is 0 Å². The van der Waals surface area contributed by atoms with E-state index >= 15 is 0 Å². The summed E-state index contributed by atoms with van der Waals surface area (Å²) in [7, 11) is 0. The highest BCUT2D eigenvalue weighted by molar-refractivity contribution is 7.25. The number of benzene rings is 3. The summed E-state index contributed by atoms with van der Waals surface area (Å²) in [6.07, 6.45) is 8.76. The zero-order valence-electron chi connectivity index (χ0n) is 17.6. The first kappa shape index (κ1) is 18.8. The van der Waals surface area contributed by atoms with Crippen molar-refractivity contribution >= 4 is 31.5 Å². The van der Waals surface area contributed by atoms with E-state index in [0.29, 0.717) is 5.92 Å². The number of hydrogen-bond donors (Lipinski definition) is 0. The van der Waals surface area contributed by atoms with Gasteiger partial charge in [-0.1, -0.05) is 67.8 Å². The molecule has 0 spiro atoms. The number of aromatic nitrogens is 1. The van der Waals surface area contributed by atoms with Crippen LogP contribution >= 0.6 is 11.3 Å². The monoisotopic (exact) mass is 419 g/mol. The van der Waals surface area contributed by atoms with E-state index in [1.165, 1.54) is 74.5 Å². The van der Waals surface area contributed by atoms with Crippen molar-refractivity contribution in [1.82, 2.24) is 4.98 Å². The summed E-state index contributed by atoms with van der Waals surface area (Å²) in [5.41, 5.74) is 6.34. The second-order valence-corrected chi connectivity index (χ2v) is 9.78. The van der Waals surface area contributed by atoms with Gasteiger partial charge in [-0.05, 0) is 65.8 Å². The molecule has 2 aromatic heterocycles. The number of hydrogen-bond acceptors (Lipinski definition) is 2. The van der Waals surface area contributed by atoms with E-state index in [-0.39, 0.29) is 0 Å². The predicted octanol–water partition coefficient (Wildman–Crippen LogP) is 8.83. The summed E-state index contributed by atoms with van der Waals surface area (Å²) in [6.45, 7) is 0. The fourth-order valence-electron chi connectivity index (χ4n) is 5.04. The van der Waals surface area contributed by atoms with Crippen LogP contribution in [0.1, 0.15) is 43.6 Å². The Kier molecular flexibility index (Phi) is 4.81. The molecule has 0 unspecified atom stereocenters. The number of pyridine rings is 1. The molecule has 152 valence electrons. The van der Waals surface area contributed by atoms with Crippen LogP contribution in [0, 0.1) is 0 Å². The van der Waals surface area contributed by atoms with Crippen LogP contribution in [0.5, 0.6) is 0 Å². The average Bonchev–Trinajstić information content (AvgIpc) is 3.22. The number of thiophene rings is 1. The summed E-state index contributed by atoms with van der Waals surface area (Å²) >= 11 is 1.88. The maximum Gasteiger partial charge on any atom is 0.0705 e. The van der Waals surface area contributed by atoms with Crippen LogP contribution in [0.4, 0.5) is 0 Å². The van der Waals surface area contributed by atoms with Crippen molar-refractivity contribution in [3.05, 3.63) is 90.6 Å². The van der Waals surface area contributed by atoms with Gasteiger partial charge in [-0.25, -0.2) is 0 Å². The standard InChI is InChI=1S/C29H25NS/c1-3-7-20(8-4-1)22-11-13-25-26-17-24(12-14-28(26)31-29(25)19-22)27-18-23(15-16-30-27)21-9-5-2-6-10-21/h1,3-4,7-8,11-19,21H,2,5-6,9-10H2. The van der Waals surface area contributed by atoms with Gasteiger partial charge in [0.05, 0.1) is 5.69 Å². The smallest absolute Gasteiger partial charge is 0.0705 e. The van der Waals surface area contributed by atoms with Crippen molar-refractivity contribution in [3.63, 3.8) is 0 Å². The average molecular weight is 420 g/mol. The zero-order valence-corrected chi connectivity index (χ0v) is 18.4. The highest BCUT2D eigenvalue weighted by atomic mass is 32.1. The normalized spacial score (nSPS) is 15.0. The Hall–Kier alpha value is -2.97. The zero-order chi connectivity index (χ0) is 20.6. The number of fused-ring (bicyclic) bond motifs is 3. The Morgan fingerprint density at radius 2 is 1.48 bits per heavy atom. The lowest BCUT2D eigenvalue weighted by atomic mass is 9.84. The molecular formula is C29H25NS. The van der Waals surface area contributed by atoms with Crippen molar-refractivity contribution in [2.24, 2.45) is 0 Å². The molecule has 5 aromatic rings. The molecule has 2 heterocycles. The molecule has 31 heavy (non-hydrogen) atoms. The quantitative estimate of drug-likeness (QED) is 0.285. The Morgan fingerprint density at radius 3 is 2.35 bits per heavy atom. The van der Waals surface area contributed by atoms with Crippen molar-refractivity contribution in [3.8, 4) is 22.4 Å². The van der Waals surface area contributed by atoms with E-state index in [1.807, 2.05) is 17.5 Å². The topological polar surface area (TPSA) is 12.9 Å². The van der Waals surface area contributed by atoms with Crippen molar-refractivity contribution in [2.75, 3.05) is 0 Å². The van der Waals surface area contributed by atoms with E-state index in [4.69, 9.17) is 4.98 Å². The highest BCUT2D eigenvalue weighted by Gasteiger charge is 2.16. The van der Waals surface area contributed by atoms with E-state index in [0.717, 1.165) is 5.69 Å². The van der Waals surface area contributed by atoms with Crippen LogP contribution in [0.25, 0.3) is 42.6 Å². The molecule has 2 heteroatoms. The minimum Gasteiger partial charge on any atom is -0.256 e. The third-order valence-electron chi connectivity index (χ3n) is 6.73. The van der Waals surface area contributed by atoms with E-state index in [2.05, 4.69) is 78.9 Å². The second kappa shape index (κ2) is 7.94. The largest absolute Gasteiger partial charge is 0.256 e. The molecule has 0 bridgehead atoms. The van der Waals surface area contributed by atoms with Gasteiger partial charge < -0.3 is 0 Å². The van der Waals surface area contributed by atoms with Gasteiger partial charge >= 0.3 is 0 Å². The molecule has 1 nitrogen and oxygen atoms in total. The van der Waals surface area contributed by atoms with Gasteiger partial charge in [-0.2, -0.15) is 0 Å². The first-order valence-electron chi connectivity index (χ1n) is 11.3. The molecule has 1 saturated carbocycles. The molecule has 0 radical (unpaired) electrons. The van der Waals surface area contributed by atoms with Gasteiger partial charge in [0.15, 0.2) is 0 Å². The Morgan fingerprint density at radius 1 is 0.645 bits per heavy atom. The molecule has 0 amide bonds. The maximum atomic E-state index is 4.73. The van der Waals surface area contributed by atoms with Crippen LogP contribution in [0.15, 0.2) is 85.1 Å². The molecule has 0 aliphatic heterocycles. The molecule has 1 aliphatic rings. The van der Waals surface area contributed by atoms with Gasteiger partial charge in [-0.15, -0.1) is 11.3 Å². The molecule has 1 fully saturated rings. The van der Waals surface area contributed by atoms with Crippen LogP contribution in [-0.2, 0) is 0 Å². The fraction of sp³-hybridized carbons (Fsp3) is 0.207. The maximum absolute atomic E-state index is 4.73. The first-order chi connectivity index (χ1) is 15.3. The Balaban J connectivity index is 1.40. The van der Waals surface area contributed by atoms with E-state index in [1.54, 1.807) is 0 Å². The summed E-state index contributed by atoms with van der Waals surface area (Å²) < 4.78 is 2.69. The lowest BCUT2D eigenvalue weighted by molar-refractivity contribution is 0.443. The van der Waals surface area contributed by atoms with Crippen molar-refractivity contribution in [2.45, 2.75) is 38.0 Å². The molecular weight excluding hydrogens is 394 g/mol. The summed E-state index contributed by atoms with van der Waals surface area (Å²) in [6, 6.07) is 28.9. The lowest BCUT2D eigenvalue weighted by Gasteiger charge is -2.22.